The van der Waals surface area contributed by atoms with E-state index in [4.69, 9.17) is 17.2 Å². The van der Waals surface area contributed by atoms with Gasteiger partial charge in [0, 0.05) is 13.1 Å². The molecule has 1 rings (SSSR count). The molecule has 0 aromatic carbocycles. The molecule has 3 amide bonds. The number of aliphatic carboxylic acids is 1. The van der Waals surface area contributed by atoms with Crippen LogP contribution in [0.1, 0.15) is 59.8 Å². The average molecular weight is 484 g/mol. The van der Waals surface area contributed by atoms with Gasteiger partial charge in [-0.25, -0.2) is 4.79 Å². The Kier molecular flexibility index (Phi) is 11.8. The van der Waals surface area contributed by atoms with Crippen LogP contribution in [0.4, 0.5) is 0 Å². The second kappa shape index (κ2) is 13.7. The highest BCUT2D eigenvalue weighted by Crippen LogP contribution is 2.21. The number of hydrogen-bond acceptors (Lipinski definition) is 6. The zero-order valence-electron chi connectivity index (χ0n) is 20.6. The lowest BCUT2D eigenvalue weighted by Crippen LogP contribution is -2.58. The molecule has 0 aromatic rings. The van der Waals surface area contributed by atoms with Crippen LogP contribution in [0.3, 0.4) is 0 Å². The van der Waals surface area contributed by atoms with E-state index in [1.165, 1.54) is 4.90 Å². The monoisotopic (exact) mass is 483 g/mol. The van der Waals surface area contributed by atoms with E-state index in [1.54, 1.807) is 6.92 Å². The molecule has 194 valence electrons. The van der Waals surface area contributed by atoms with E-state index in [0.29, 0.717) is 32.2 Å². The molecule has 1 aliphatic rings. The molecule has 12 nitrogen and oxygen atoms in total. The molecule has 12 heteroatoms. The van der Waals surface area contributed by atoms with Crippen LogP contribution in [0.5, 0.6) is 0 Å². The summed E-state index contributed by atoms with van der Waals surface area (Å²) in [5.74, 6) is -2.94. The smallest absolute Gasteiger partial charge is 0.326 e. The summed E-state index contributed by atoms with van der Waals surface area (Å²) >= 11 is 0. The lowest BCUT2D eigenvalue weighted by atomic mass is 9.97. The van der Waals surface area contributed by atoms with Gasteiger partial charge in [-0.1, -0.05) is 34.1 Å². The zero-order valence-corrected chi connectivity index (χ0v) is 20.6. The summed E-state index contributed by atoms with van der Waals surface area (Å²) < 4.78 is 0. The van der Waals surface area contributed by atoms with Gasteiger partial charge in [-0.2, -0.15) is 0 Å². The largest absolute Gasteiger partial charge is 0.480 e. The van der Waals surface area contributed by atoms with Crippen LogP contribution in [-0.4, -0.2) is 76.9 Å². The maximum absolute atomic E-state index is 13.1. The van der Waals surface area contributed by atoms with Crippen LogP contribution >= 0.6 is 0 Å². The summed E-state index contributed by atoms with van der Waals surface area (Å²) in [4.78, 5) is 55.8. The van der Waals surface area contributed by atoms with Crippen molar-refractivity contribution in [1.82, 2.24) is 15.5 Å². The molecule has 0 saturated carbocycles. The van der Waals surface area contributed by atoms with Crippen molar-refractivity contribution >= 4 is 29.7 Å². The molecule has 1 aliphatic heterocycles. The molecular formula is C22H41N7O5. The molecule has 0 radical (unpaired) electrons. The third-order valence-corrected chi connectivity index (χ3v) is 6.20. The zero-order chi connectivity index (χ0) is 26.0. The number of amides is 3. The van der Waals surface area contributed by atoms with E-state index in [2.05, 4.69) is 15.6 Å². The van der Waals surface area contributed by atoms with Gasteiger partial charge >= 0.3 is 5.97 Å². The fraction of sp³-hybridized carbons (Fsp3) is 0.773. The first-order valence-corrected chi connectivity index (χ1v) is 11.9. The van der Waals surface area contributed by atoms with Crippen LogP contribution in [0.2, 0.25) is 0 Å². The van der Waals surface area contributed by atoms with Gasteiger partial charge in [0.25, 0.3) is 0 Å². The second-order valence-corrected chi connectivity index (χ2v) is 9.18. The van der Waals surface area contributed by atoms with Crippen molar-refractivity contribution in [1.29, 1.82) is 0 Å². The first kappa shape index (κ1) is 29.1. The Morgan fingerprint density at radius 1 is 1.15 bits per heavy atom. The Hall–Kier alpha value is -2.89. The predicted molar refractivity (Wildman–Crippen MR) is 128 cm³/mol. The molecule has 9 N–H and O–H groups in total. The fourth-order valence-electron chi connectivity index (χ4n) is 3.75. The van der Waals surface area contributed by atoms with Crippen molar-refractivity contribution in [3.8, 4) is 0 Å². The van der Waals surface area contributed by atoms with Gasteiger partial charge in [0.05, 0.1) is 6.04 Å². The summed E-state index contributed by atoms with van der Waals surface area (Å²) in [5.41, 5.74) is 16.5. The van der Waals surface area contributed by atoms with Crippen LogP contribution in [0.15, 0.2) is 4.99 Å². The minimum absolute atomic E-state index is 0.0737. The van der Waals surface area contributed by atoms with E-state index in [0.717, 1.165) is 0 Å². The first-order valence-electron chi connectivity index (χ1n) is 11.9. The minimum Gasteiger partial charge on any atom is -0.480 e. The summed E-state index contributed by atoms with van der Waals surface area (Å²) in [6.45, 7) is 8.01. The number of carboxylic acid groups (broad SMARTS) is 1. The van der Waals surface area contributed by atoms with E-state index in [1.807, 2.05) is 20.8 Å². The molecule has 5 unspecified atom stereocenters. The average Bonchev–Trinajstić information content (AvgIpc) is 3.27. The Morgan fingerprint density at radius 2 is 1.79 bits per heavy atom. The molecule has 1 saturated heterocycles. The number of carboxylic acids is 1. The Labute approximate surface area is 201 Å². The number of nitrogens with zero attached hydrogens (tertiary/aromatic N) is 2. The lowest BCUT2D eigenvalue weighted by molar-refractivity contribution is -0.143. The van der Waals surface area contributed by atoms with Gasteiger partial charge in [0.15, 0.2) is 5.96 Å². The summed E-state index contributed by atoms with van der Waals surface area (Å²) in [6, 6.07) is -3.53. The van der Waals surface area contributed by atoms with Crippen molar-refractivity contribution < 1.29 is 24.3 Å². The van der Waals surface area contributed by atoms with E-state index >= 15 is 0 Å². The van der Waals surface area contributed by atoms with Crippen molar-refractivity contribution in [3.05, 3.63) is 0 Å². The van der Waals surface area contributed by atoms with Crippen molar-refractivity contribution in [2.45, 2.75) is 84.0 Å². The topological polar surface area (TPSA) is 206 Å². The van der Waals surface area contributed by atoms with Crippen LogP contribution in [0.25, 0.3) is 0 Å². The SMILES string of the molecule is CCC(C)C(NC(=O)C1CCCN1C(=O)C(N)C(C)C)C(=O)NC(CCCN=C(N)N)C(=O)O. The molecule has 1 fully saturated rings. The van der Waals surface area contributed by atoms with Crippen LogP contribution in [0, 0.1) is 11.8 Å². The van der Waals surface area contributed by atoms with Gasteiger partial charge in [0.1, 0.15) is 18.1 Å². The number of likely N-dealkylation sites (tertiary alicyclic amines) is 1. The maximum Gasteiger partial charge on any atom is 0.326 e. The minimum atomic E-state index is -1.19. The van der Waals surface area contributed by atoms with Crippen LogP contribution in [-0.2, 0) is 19.2 Å². The van der Waals surface area contributed by atoms with E-state index in [9.17, 15) is 24.3 Å². The number of carbonyl (C=O) groups excluding carboxylic acids is 3. The quantitative estimate of drug-likeness (QED) is 0.110. The predicted octanol–water partition coefficient (Wildman–Crippen LogP) is -0.885. The molecule has 0 aliphatic carbocycles. The van der Waals surface area contributed by atoms with E-state index in [-0.39, 0.29) is 36.7 Å². The highest BCUT2D eigenvalue weighted by atomic mass is 16.4. The maximum atomic E-state index is 13.1. The third-order valence-electron chi connectivity index (χ3n) is 6.20. The lowest BCUT2D eigenvalue weighted by Gasteiger charge is -2.31. The van der Waals surface area contributed by atoms with Gasteiger partial charge in [0.2, 0.25) is 17.7 Å². The number of carbonyl (C=O) groups is 4. The standard InChI is InChI=1S/C22H41N7O5/c1-5-13(4)17(19(31)27-14(21(33)34)8-6-10-26-22(24)25)28-18(30)15-9-7-11-29(15)20(32)16(23)12(2)3/h12-17H,5-11,23H2,1-4H3,(H,27,31)(H,28,30)(H,33,34)(H4,24,25,26). The van der Waals surface area contributed by atoms with Gasteiger partial charge < -0.3 is 37.8 Å². The van der Waals surface area contributed by atoms with Crippen molar-refractivity contribution in [2.75, 3.05) is 13.1 Å². The summed E-state index contributed by atoms with van der Waals surface area (Å²) in [5, 5.41) is 14.8. The highest BCUT2D eigenvalue weighted by Gasteiger charge is 2.39. The molecule has 0 aromatic heterocycles. The first-order chi connectivity index (χ1) is 15.9. The van der Waals surface area contributed by atoms with Gasteiger partial charge in [-0.05, 0) is 37.5 Å². The second-order valence-electron chi connectivity index (χ2n) is 9.18. The molecular weight excluding hydrogens is 442 g/mol. The number of nitrogens with two attached hydrogens (primary N) is 3. The molecule has 0 bridgehead atoms. The summed E-state index contributed by atoms with van der Waals surface area (Å²) in [7, 11) is 0. The van der Waals surface area contributed by atoms with Crippen molar-refractivity contribution in [3.63, 3.8) is 0 Å². The summed E-state index contributed by atoms with van der Waals surface area (Å²) in [6.07, 6.45) is 2.18. The van der Waals surface area contributed by atoms with E-state index < -0.39 is 42.0 Å². The van der Waals surface area contributed by atoms with Crippen molar-refractivity contribution in [2.24, 2.45) is 34.0 Å². The Morgan fingerprint density at radius 3 is 2.32 bits per heavy atom. The van der Waals surface area contributed by atoms with Gasteiger partial charge in [-0.3, -0.25) is 19.4 Å². The Bertz CT molecular complexity index is 754. The molecule has 34 heavy (non-hydrogen) atoms. The molecule has 5 atom stereocenters. The molecule has 0 spiro atoms. The Balaban J connectivity index is 2.90. The highest BCUT2D eigenvalue weighted by molar-refractivity contribution is 5.94. The number of rotatable bonds is 13. The third kappa shape index (κ3) is 8.47. The number of aliphatic imine (C=N–C) groups is 1. The number of guanidine groups is 1. The number of hydrogen-bond donors (Lipinski definition) is 6. The normalized spacial score (nSPS) is 19.1. The number of nitrogens with one attached hydrogen (secondary N) is 2. The fourth-order valence-corrected chi connectivity index (χ4v) is 3.75. The van der Waals surface area contributed by atoms with Gasteiger partial charge in [-0.15, -0.1) is 0 Å². The molecule has 1 heterocycles. The van der Waals surface area contributed by atoms with Crippen LogP contribution < -0.4 is 27.8 Å².